The molecule has 1 heterocycles. The summed E-state index contributed by atoms with van der Waals surface area (Å²) in [5.41, 5.74) is 5.07. The molecule has 0 bridgehead atoms. The Labute approximate surface area is 134 Å². The van der Waals surface area contributed by atoms with Gasteiger partial charge in [0.15, 0.2) is 17.7 Å². The van der Waals surface area contributed by atoms with Crippen LogP contribution in [0.4, 0.5) is 22.0 Å². The van der Waals surface area contributed by atoms with Crippen LogP contribution in [0.3, 0.4) is 0 Å². The van der Waals surface area contributed by atoms with Gasteiger partial charge in [0.25, 0.3) is 0 Å². The summed E-state index contributed by atoms with van der Waals surface area (Å²) in [5, 5.41) is 0. The lowest BCUT2D eigenvalue weighted by molar-refractivity contribution is -0.223. The number of rotatable bonds is 4. The number of halogens is 5. The molecular formula is C15H16F5NO3. The lowest BCUT2D eigenvalue weighted by atomic mass is 9.81. The zero-order chi connectivity index (χ0) is 18.2. The first-order valence-corrected chi connectivity index (χ1v) is 7.10. The number of carbonyl (C=O) groups is 1. The van der Waals surface area contributed by atoms with Crippen molar-refractivity contribution in [3.05, 3.63) is 29.3 Å². The van der Waals surface area contributed by atoms with E-state index in [1.165, 1.54) is 6.92 Å². The number of primary amides is 1. The number of amides is 1. The lowest BCUT2D eigenvalue weighted by Crippen LogP contribution is -2.33. The highest BCUT2D eigenvalue weighted by Gasteiger charge is 2.55. The Morgan fingerprint density at radius 1 is 1.33 bits per heavy atom. The van der Waals surface area contributed by atoms with E-state index in [1.807, 2.05) is 0 Å². The Morgan fingerprint density at radius 2 is 1.96 bits per heavy atom. The van der Waals surface area contributed by atoms with Crippen LogP contribution in [0.5, 0.6) is 5.75 Å². The third kappa shape index (κ3) is 3.31. The van der Waals surface area contributed by atoms with Crippen LogP contribution >= 0.6 is 0 Å². The minimum Gasteiger partial charge on any atom is -0.493 e. The molecule has 0 aliphatic carbocycles. The summed E-state index contributed by atoms with van der Waals surface area (Å²) in [4.78, 5) is 11.2. The van der Waals surface area contributed by atoms with E-state index in [9.17, 15) is 26.7 Å². The van der Waals surface area contributed by atoms with Crippen LogP contribution in [0, 0.1) is 17.6 Å². The summed E-state index contributed by atoms with van der Waals surface area (Å²) in [5.74, 6) is -6.05. The second kappa shape index (κ2) is 6.54. The average molecular weight is 353 g/mol. The maximum Gasteiger partial charge on any atom is 0.414 e. The van der Waals surface area contributed by atoms with Gasteiger partial charge < -0.3 is 15.2 Å². The van der Waals surface area contributed by atoms with E-state index in [-0.39, 0.29) is 5.56 Å². The zero-order valence-corrected chi connectivity index (χ0v) is 12.9. The molecule has 1 saturated heterocycles. The molecule has 1 aliphatic heterocycles. The second-order valence-corrected chi connectivity index (χ2v) is 5.68. The minimum atomic E-state index is -4.67. The first-order chi connectivity index (χ1) is 11.1. The predicted octanol–water partition coefficient (Wildman–Crippen LogP) is 2.90. The van der Waals surface area contributed by atoms with Crippen molar-refractivity contribution in [1.82, 2.24) is 0 Å². The summed E-state index contributed by atoms with van der Waals surface area (Å²) >= 11 is 0. The van der Waals surface area contributed by atoms with Crippen molar-refractivity contribution in [3.63, 3.8) is 0 Å². The summed E-state index contributed by atoms with van der Waals surface area (Å²) < 4.78 is 76.5. The number of methoxy groups -OCH3 is 1. The van der Waals surface area contributed by atoms with E-state index in [2.05, 4.69) is 0 Å². The van der Waals surface area contributed by atoms with Gasteiger partial charge in [-0.3, -0.25) is 4.79 Å². The van der Waals surface area contributed by atoms with E-state index in [0.29, 0.717) is 0 Å². The molecular weight excluding hydrogens is 337 g/mol. The van der Waals surface area contributed by atoms with Crippen LogP contribution in [0.25, 0.3) is 0 Å². The zero-order valence-electron chi connectivity index (χ0n) is 12.9. The first-order valence-electron chi connectivity index (χ1n) is 7.10. The van der Waals surface area contributed by atoms with Crippen molar-refractivity contribution in [3.8, 4) is 5.75 Å². The number of hydrogen-bond acceptors (Lipinski definition) is 3. The van der Waals surface area contributed by atoms with Crippen molar-refractivity contribution in [1.29, 1.82) is 0 Å². The van der Waals surface area contributed by atoms with Crippen LogP contribution in [0.1, 0.15) is 24.8 Å². The third-order valence-electron chi connectivity index (χ3n) is 4.13. The van der Waals surface area contributed by atoms with Crippen molar-refractivity contribution in [2.24, 2.45) is 11.7 Å². The molecule has 0 unspecified atom stereocenters. The van der Waals surface area contributed by atoms with Gasteiger partial charge in [-0.05, 0) is 6.07 Å². The maximum atomic E-state index is 13.9. The quantitative estimate of drug-likeness (QED) is 0.847. The third-order valence-corrected chi connectivity index (χ3v) is 4.13. The maximum absolute atomic E-state index is 13.9. The Hall–Kier alpha value is -1.90. The molecule has 0 aromatic heterocycles. The monoisotopic (exact) mass is 353 g/mol. The van der Waals surface area contributed by atoms with Gasteiger partial charge in [-0.1, -0.05) is 13.0 Å². The summed E-state index contributed by atoms with van der Waals surface area (Å²) in [7, 11) is 1.08. The lowest BCUT2D eigenvalue weighted by Gasteiger charge is -2.23. The van der Waals surface area contributed by atoms with E-state index in [4.69, 9.17) is 15.2 Å². The summed E-state index contributed by atoms with van der Waals surface area (Å²) in [6.07, 6.45) is -8.52. The van der Waals surface area contributed by atoms with Gasteiger partial charge in [0.05, 0.1) is 19.6 Å². The number of ether oxygens (including phenoxy) is 2. The van der Waals surface area contributed by atoms with Crippen LogP contribution < -0.4 is 10.5 Å². The van der Waals surface area contributed by atoms with Crippen LogP contribution in [0.15, 0.2) is 12.1 Å². The second-order valence-electron chi connectivity index (χ2n) is 5.68. The molecule has 0 saturated carbocycles. The number of carbonyl (C=O) groups excluding carboxylic acids is 1. The van der Waals surface area contributed by atoms with Crippen LogP contribution in [0.2, 0.25) is 0 Å². The fraction of sp³-hybridized carbons (Fsp3) is 0.533. The molecule has 1 aromatic rings. The number of hydrogen-bond donors (Lipinski definition) is 1. The van der Waals surface area contributed by atoms with E-state index >= 15 is 0 Å². The van der Waals surface area contributed by atoms with Gasteiger partial charge in [-0.25, -0.2) is 4.39 Å². The fourth-order valence-corrected chi connectivity index (χ4v) is 3.17. The van der Waals surface area contributed by atoms with Gasteiger partial charge in [-0.2, -0.15) is 17.6 Å². The standard InChI is InChI=1S/C15H16F5NO3/c1-6-11(7-3-4-8(16)12(17)13(7)23-2)9(5-10(21)22)24-14(6)15(18,19)20/h3-4,6,9,11,14H,5H2,1-2H3,(H2,21,22)/t6-,9-,11-,14+/m1/s1. The highest BCUT2D eigenvalue weighted by atomic mass is 19.4. The van der Waals surface area contributed by atoms with E-state index in [1.54, 1.807) is 0 Å². The van der Waals surface area contributed by atoms with Gasteiger partial charge in [0.1, 0.15) is 0 Å². The highest BCUT2D eigenvalue weighted by Crippen LogP contribution is 2.49. The largest absolute Gasteiger partial charge is 0.493 e. The van der Waals surface area contributed by atoms with Crippen LogP contribution in [-0.2, 0) is 9.53 Å². The normalized spacial score (nSPS) is 27.3. The van der Waals surface area contributed by atoms with E-state index in [0.717, 1.165) is 19.2 Å². The van der Waals surface area contributed by atoms with Crippen molar-refractivity contribution in [2.45, 2.75) is 37.6 Å². The molecule has 0 radical (unpaired) electrons. The van der Waals surface area contributed by atoms with Crippen molar-refractivity contribution >= 4 is 5.91 Å². The first kappa shape index (κ1) is 18.4. The Morgan fingerprint density at radius 3 is 2.46 bits per heavy atom. The Kier molecular flexibility index (Phi) is 5.03. The predicted molar refractivity (Wildman–Crippen MR) is 73.3 cm³/mol. The van der Waals surface area contributed by atoms with Gasteiger partial charge in [0, 0.05) is 17.4 Å². The Bertz CT molecular complexity index is 634. The highest BCUT2D eigenvalue weighted by molar-refractivity contribution is 5.74. The van der Waals surface area contributed by atoms with Crippen molar-refractivity contribution < 1.29 is 36.2 Å². The minimum absolute atomic E-state index is 0.00176. The SMILES string of the molecule is COc1c([C@H]2[C@@H](C)[C@@H](C(F)(F)F)O[C@@H]2CC(N)=O)ccc(F)c1F. The molecule has 1 amide bonds. The number of benzene rings is 1. The molecule has 9 heteroatoms. The number of nitrogens with two attached hydrogens (primary N) is 1. The van der Waals surface area contributed by atoms with Gasteiger partial charge in [-0.15, -0.1) is 0 Å². The molecule has 134 valence electrons. The molecule has 2 N–H and O–H groups in total. The molecule has 1 aromatic carbocycles. The fourth-order valence-electron chi connectivity index (χ4n) is 3.17. The summed E-state index contributed by atoms with van der Waals surface area (Å²) in [6.45, 7) is 1.27. The number of alkyl halides is 3. The summed E-state index contributed by atoms with van der Waals surface area (Å²) in [6, 6.07) is 1.93. The smallest absolute Gasteiger partial charge is 0.414 e. The molecule has 1 aliphatic rings. The topological polar surface area (TPSA) is 61.6 Å². The molecule has 24 heavy (non-hydrogen) atoms. The van der Waals surface area contributed by atoms with Crippen molar-refractivity contribution in [2.75, 3.05) is 7.11 Å². The average Bonchev–Trinajstić information content (AvgIpc) is 2.78. The molecule has 1 fully saturated rings. The molecule has 4 nitrogen and oxygen atoms in total. The van der Waals surface area contributed by atoms with E-state index < -0.39 is 59.9 Å². The van der Waals surface area contributed by atoms with Gasteiger partial charge >= 0.3 is 6.18 Å². The molecule has 2 rings (SSSR count). The van der Waals surface area contributed by atoms with Crippen LogP contribution in [-0.4, -0.2) is 31.4 Å². The molecule has 0 spiro atoms. The van der Waals surface area contributed by atoms with Gasteiger partial charge in [0.2, 0.25) is 11.7 Å². The molecule has 4 atom stereocenters. The Balaban J connectivity index is 2.52.